The fraction of sp³-hybridized carbons (Fsp3) is 0.250. The Morgan fingerprint density at radius 2 is 2.14 bits per heavy atom. The third-order valence-corrected chi connectivity index (χ3v) is 1.83. The summed E-state index contributed by atoms with van der Waals surface area (Å²) in [6, 6.07) is 2.51. The molecular weight excluding hydrogens is 217 g/mol. The molecule has 14 heavy (non-hydrogen) atoms. The Morgan fingerprint density at radius 1 is 1.50 bits per heavy atom. The normalized spacial score (nSPS) is 11.1. The molecule has 0 amide bonds. The van der Waals surface area contributed by atoms with Crippen molar-refractivity contribution in [2.24, 2.45) is 0 Å². The lowest BCUT2D eigenvalue weighted by Crippen LogP contribution is -2.08. The molecule has 0 radical (unpaired) electrons. The van der Waals surface area contributed by atoms with Gasteiger partial charge >= 0.3 is 6.18 Å². The van der Waals surface area contributed by atoms with E-state index in [9.17, 15) is 13.2 Å². The van der Waals surface area contributed by atoms with Gasteiger partial charge in [-0.05, 0) is 11.6 Å². The molecule has 0 N–H and O–H groups in total. The zero-order valence-corrected chi connectivity index (χ0v) is 7.52. The Morgan fingerprint density at radius 3 is 2.64 bits per heavy atom. The number of rotatable bonds is 1. The van der Waals surface area contributed by atoms with E-state index in [1.165, 1.54) is 0 Å². The molecule has 1 aromatic rings. The third-order valence-electron chi connectivity index (χ3n) is 1.49. The zero-order valence-electron chi connectivity index (χ0n) is 6.77. The smallest absolute Gasteiger partial charge is 0.250 e. The summed E-state index contributed by atoms with van der Waals surface area (Å²) in [6.07, 6.45) is -3.77. The van der Waals surface area contributed by atoms with Gasteiger partial charge in [0.25, 0.3) is 0 Å². The van der Waals surface area contributed by atoms with Crippen LogP contribution in [0.15, 0.2) is 12.3 Å². The topological polar surface area (TPSA) is 36.7 Å². The third kappa shape index (κ3) is 2.36. The summed E-state index contributed by atoms with van der Waals surface area (Å²) < 4.78 is 36.5. The molecule has 1 rings (SSSR count). The number of hydrogen-bond acceptors (Lipinski definition) is 2. The second-order valence-corrected chi connectivity index (χ2v) is 2.90. The zero-order chi connectivity index (χ0) is 10.8. The molecule has 0 aliphatic carbocycles. The lowest BCUT2D eigenvalue weighted by Gasteiger charge is -2.07. The molecular formula is C8H4ClF3N2. The lowest BCUT2D eigenvalue weighted by atomic mass is 10.2. The van der Waals surface area contributed by atoms with E-state index in [0.29, 0.717) is 0 Å². The van der Waals surface area contributed by atoms with Crippen molar-refractivity contribution in [1.82, 2.24) is 4.98 Å². The Labute approximate surface area is 82.9 Å². The second kappa shape index (κ2) is 3.84. The van der Waals surface area contributed by atoms with Crippen LogP contribution in [-0.4, -0.2) is 4.98 Å². The number of alkyl halides is 3. The van der Waals surface area contributed by atoms with Crippen LogP contribution < -0.4 is 0 Å². The van der Waals surface area contributed by atoms with Gasteiger partial charge in [-0.15, -0.1) is 0 Å². The van der Waals surface area contributed by atoms with Gasteiger partial charge in [0.2, 0.25) is 0 Å². The highest BCUT2D eigenvalue weighted by atomic mass is 35.5. The molecule has 0 aliphatic rings. The van der Waals surface area contributed by atoms with Crippen LogP contribution in [0.5, 0.6) is 0 Å². The number of halogens is 4. The summed E-state index contributed by atoms with van der Waals surface area (Å²) in [7, 11) is 0. The Balaban J connectivity index is 3.14. The summed E-state index contributed by atoms with van der Waals surface area (Å²) >= 11 is 5.54. The van der Waals surface area contributed by atoms with Gasteiger partial charge in [-0.25, -0.2) is 0 Å². The van der Waals surface area contributed by atoms with Crippen molar-refractivity contribution in [3.05, 3.63) is 28.5 Å². The average molecular weight is 221 g/mol. The maximum atomic E-state index is 12.2. The van der Waals surface area contributed by atoms with Crippen molar-refractivity contribution >= 4 is 11.6 Å². The molecule has 0 bridgehead atoms. The molecule has 0 saturated heterocycles. The van der Waals surface area contributed by atoms with Crippen LogP contribution in [0.1, 0.15) is 11.3 Å². The first-order valence-corrected chi connectivity index (χ1v) is 3.91. The summed E-state index contributed by atoms with van der Waals surface area (Å²) in [6.45, 7) is 0. The highest BCUT2D eigenvalue weighted by molar-refractivity contribution is 6.31. The van der Waals surface area contributed by atoms with E-state index in [1.807, 2.05) is 0 Å². The van der Waals surface area contributed by atoms with Crippen LogP contribution in [-0.2, 0) is 12.6 Å². The van der Waals surface area contributed by atoms with E-state index in [-0.39, 0.29) is 17.0 Å². The van der Waals surface area contributed by atoms with Crippen LogP contribution in [0, 0.1) is 11.3 Å². The first-order chi connectivity index (χ1) is 6.45. The highest BCUT2D eigenvalue weighted by Gasteiger charge is 2.32. The van der Waals surface area contributed by atoms with Crippen molar-refractivity contribution in [1.29, 1.82) is 5.26 Å². The van der Waals surface area contributed by atoms with Crippen molar-refractivity contribution in [3.63, 3.8) is 0 Å². The van der Waals surface area contributed by atoms with Crippen molar-refractivity contribution < 1.29 is 13.2 Å². The molecule has 0 atom stereocenters. The van der Waals surface area contributed by atoms with Gasteiger partial charge in [-0.3, -0.25) is 4.98 Å². The summed E-state index contributed by atoms with van der Waals surface area (Å²) in [5.74, 6) is 0. The standard InChI is InChI=1S/C8H4ClF3N2/c9-6-4-14-7(8(10,11)12)3-5(6)1-2-13/h3-4H,1H2. The molecule has 0 spiro atoms. The minimum atomic E-state index is -4.51. The second-order valence-electron chi connectivity index (χ2n) is 2.49. The SMILES string of the molecule is N#CCc1cc(C(F)(F)F)ncc1Cl. The van der Waals surface area contributed by atoms with Crippen molar-refractivity contribution in [3.8, 4) is 6.07 Å². The molecule has 1 heterocycles. The number of aromatic nitrogens is 1. The first-order valence-electron chi connectivity index (χ1n) is 3.53. The monoisotopic (exact) mass is 220 g/mol. The molecule has 74 valence electrons. The van der Waals surface area contributed by atoms with Crippen LogP contribution >= 0.6 is 11.6 Å². The highest BCUT2D eigenvalue weighted by Crippen LogP contribution is 2.29. The predicted molar refractivity (Wildman–Crippen MR) is 43.6 cm³/mol. The molecule has 1 aromatic heterocycles. The largest absolute Gasteiger partial charge is 0.433 e. The number of nitrogens with zero attached hydrogens (tertiary/aromatic N) is 2. The van der Waals surface area contributed by atoms with Gasteiger partial charge in [0, 0.05) is 6.20 Å². The Kier molecular flexibility index (Phi) is 2.96. The van der Waals surface area contributed by atoms with Gasteiger partial charge in [-0.2, -0.15) is 18.4 Å². The lowest BCUT2D eigenvalue weighted by molar-refractivity contribution is -0.141. The maximum absolute atomic E-state index is 12.2. The van der Waals surface area contributed by atoms with E-state index >= 15 is 0 Å². The quantitative estimate of drug-likeness (QED) is 0.730. The Hall–Kier alpha value is -1.28. The van der Waals surface area contributed by atoms with Gasteiger partial charge in [-0.1, -0.05) is 11.6 Å². The summed E-state index contributed by atoms with van der Waals surface area (Å²) in [5, 5.41) is 8.40. The van der Waals surface area contributed by atoms with E-state index in [4.69, 9.17) is 16.9 Å². The number of pyridine rings is 1. The van der Waals surface area contributed by atoms with Crippen LogP contribution in [0.2, 0.25) is 5.02 Å². The minimum absolute atomic E-state index is 0.0690. The molecule has 0 aliphatic heterocycles. The fourth-order valence-corrected chi connectivity index (χ4v) is 1.03. The maximum Gasteiger partial charge on any atom is 0.433 e. The molecule has 0 unspecified atom stereocenters. The first kappa shape index (κ1) is 10.8. The van der Waals surface area contributed by atoms with Gasteiger partial charge in [0.1, 0.15) is 5.69 Å². The minimum Gasteiger partial charge on any atom is -0.250 e. The Bertz CT molecular complexity index is 381. The van der Waals surface area contributed by atoms with Crippen LogP contribution in [0.3, 0.4) is 0 Å². The summed E-state index contributed by atoms with van der Waals surface area (Å²) in [5.41, 5.74) is -0.899. The van der Waals surface area contributed by atoms with Crippen LogP contribution in [0.4, 0.5) is 13.2 Å². The predicted octanol–water partition coefficient (Wildman–Crippen LogP) is 2.82. The van der Waals surface area contributed by atoms with E-state index in [0.717, 1.165) is 12.3 Å². The number of hydrogen-bond donors (Lipinski definition) is 0. The molecule has 0 fully saturated rings. The summed E-state index contributed by atoms with van der Waals surface area (Å²) in [4.78, 5) is 3.13. The van der Waals surface area contributed by atoms with E-state index in [2.05, 4.69) is 4.98 Å². The van der Waals surface area contributed by atoms with Crippen molar-refractivity contribution in [2.45, 2.75) is 12.6 Å². The van der Waals surface area contributed by atoms with E-state index in [1.54, 1.807) is 6.07 Å². The molecule has 0 aromatic carbocycles. The fourth-order valence-electron chi connectivity index (χ4n) is 0.856. The van der Waals surface area contributed by atoms with Gasteiger partial charge in [0.15, 0.2) is 0 Å². The molecule has 2 nitrogen and oxygen atoms in total. The van der Waals surface area contributed by atoms with Crippen LogP contribution in [0.25, 0.3) is 0 Å². The molecule has 0 saturated carbocycles. The van der Waals surface area contributed by atoms with Crippen molar-refractivity contribution in [2.75, 3.05) is 0 Å². The number of nitriles is 1. The van der Waals surface area contributed by atoms with E-state index < -0.39 is 11.9 Å². The average Bonchev–Trinajstić information content (AvgIpc) is 2.07. The van der Waals surface area contributed by atoms with Gasteiger partial charge < -0.3 is 0 Å². The molecule has 6 heteroatoms. The van der Waals surface area contributed by atoms with Gasteiger partial charge in [0.05, 0.1) is 17.5 Å².